The number of rotatable bonds is 4. The summed E-state index contributed by atoms with van der Waals surface area (Å²) in [6.45, 7) is 6.01. The molecule has 0 saturated heterocycles. The summed E-state index contributed by atoms with van der Waals surface area (Å²) in [5.41, 5.74) is 3.27. The van der Waals surface area contributed by atoms with Gasteiger partial charge in [-0.25, -0.2) is 4.98 Å². The van der Waals surface area contributed by atoms with Crippen molar-refractivity contribution >= 4 is 27.5 Å². The molecule has 6 heteroatoms. The third-order valence-corrected chi connectivity index (χ3v) is 4.99. The van der Waals surface area contributed by atoms with Gasteiger partial charge in [0.25, 0.3) is 5.56 Å². The molecule has 2 aromatic heterocycles. The van der Waals surface area contributed by atoms with E-state index in [-0.39, 0.29) is 24.1 Å². The highest BCUT2D eigenvalue weighted by Crippen LogP contribution is 2.17. The van der Waals surface area contributed by atoms with Crippen LogP contribution in [0, 0.1) is 13.8 Å². The first kappa shape index (κ1) is 16.4. The topological polar surface area (TPSA) is 64.0 Å². The van der Waals surface area contributed by atoms with Crippen molar-refractivity contribution in [3.63, 3.8) is 0 Å². The third kappa shape index (κ3) is 3.23. The van der Waals surface area contributed by atoms with Crippen LogP contribution in [0.1, 0.15) is 29.7 Å². The highest BCUT2D eigenvalue weighted by molar-refractivity contribution is 7.16. The summed E-state index contributed by atoms with van der Waals surface area (Å²) in [5, 5.41) is 5.31. The third-order valence-electron chi connectivity index (χ3n) is 4.17. The summed E-state index contributed by atoms with van der Waals surface area (Å²) in [6, 6.07) is 7.75. The van der Waals surface area contributed by atoms with Crippen molar-refractivity contribution in [1.82, 2.24) is 14.9 Å². The Bertz CT molecular complexity index is 958. The van der Waals surface area contributed by atoms with Crippen molar-refractivity contribution in [2.75, 3.05) is 0 Å². The van der Waals surface area contributed by atoms with Crippen LogP contribution in [-0.4, -0.2) is 15.5 Å². The van der Waals surface area contributed by atoms with Crippen LogP contribution in [0.25, 0.3) is 10.2 Å². The molecule has 3 aromatic rings. The van der Waals surface area contributed by atoms with Gasteiger partial charge in [-0.05, 0) is 48.9 Å². The average molecular weight is 341 g/mol. The summed E-state index contributed by atoms with van der Waals surface area (Å²) >= 11 is 1.41. The van der Waals surface area contributed by atoms with E-state index in [9.17, 15) is 9.59 Å². The number of carbonyl (C=O) groups is 1. The highest BCUT2D eigenvalue weighted by Gasteiger charge is 2.13. The second-order valence-electron chi connectivity index (χ2n) is 5.95. The molecule has 0 bridgehead atoms. The number of nitrogens with zero attached hydrogens (tertiary/aromatic N) is 2. The minimum absolute atomic E-state index is 0.0349. The number of fused-ring (bicyclic) bond motifs is 1. The van der Waals surface area contributed by atoms with E-state index in [1.807, 2.05) is 24.4 Å². The van der Waals surface area contributed by atoms with Crippen LogP contribution >= 0.6 is 11.3 Å². The van der Waals surface area contributed by atoms with E-state index in [1.54, 1.807) is 6.07 Å². The monoisotopic (exact) mass is 341 g/mol. The normalized spacial score (nSPS) is 12.3. The lowest BCUT2D eigenvalue weighted by Gasteiger charge is -2.16. The van der Waals surface area contributed by atoms with Gasteiger partial charge in [-0.15, -0.1) is 11.3 Å². The zero-order valence-electron chi connectivity index (χ0n) is 13.9. The predicted molar refractivity (Wildman–Crippen MR) is 96.4 cm³/mol. The molecule has 0 unspecified atom stereocenters. The van der Waals surface area contributed by atoms with E-state index in [2.05, 4.69) is 30.2 Å². The molecule has 0 aliphatic carbocycles. The Hall–Kier alpha value is -2.47. The van der Waals surface area contributed by atoms with Gasteiger partial charge in [0.05, 0.1) is 17.8 Å². The summed E-state index contributed by atoms with van der Waals surface area (Å²) in [6.07, 6.45) is 1.43. The smallest absolute Gasteiger partial charge is 0.262 e. The molecule has 2 heterocycles. The molecule has 124 valence electrons. The van der Waals surface area contributed by atoms with Crippen LogP contribution in [0.2, 0.25) is 0 Å². The molecule has 1 atom stereocenters. The number of aryl methyl sites for hydroxylation is 2. The molecular weight excluding hydrogens is 322 g/mol. The molecule has 1 N–H and O–H groups in total. The average Bonchev–Trinajstić information content (AvgIpc) is 3.02. The van der Waals surface area contributed by atoms with E-state index < -0.39 is 0 Å². The SMILES string of the molecule is Cc1ccc([C@@H](C)NC(=O)Cn2cnc3sccc3c2=O)cc1C. The Labute approximate surface area is 144 Å². The van der Waals surface area contributed by atoms with E-state index in [0.717, 1.165) is 5.56 Å². The van der Waals surface area contributed by atoms with Crippen molar-refractivity contribution in [2.45, 2.75) is 33.4 Å². The Morgan fingerprint density at radius 1 is 1.29 bits per heavy atom. The fraction of sp³-hybridized carbons (Fsp3) is 0.278. The van der Waals surface area contributed by atoms with Crippen molar-refractivity contribution in [2.24, 2.45) is 0 Å². The number of hydrogen-bond donors (Lipinski definition) is 1. The molecule has 24 heavy (non-hydrogen) atoms. The first-order valence-electron chi connectivity index (χ1n) is 7.75. The van der Waals surface area contributed by atoms with Gasteiger partial charge in [-0.2, -0.15) is 0 Å². The van der Waals surface area contributed by atoms with E-state index in [0.29, 0.717) is 10.2 Å². The molecule has 0 radical (unpaired) electrons. The Morgan fingerprint density at radius 2 is 2.08 bits per heavy atom. The van der Waals surface area contributed by atoms with Crippen LogP contribution < -0.4 is 10.9 Å². The molecule has 0 fully saturated rings. The Kier molecular flexibility index (Phi) is 4.49. The Balaban J connectivity index is 1.73. The minimum Gasteiger partial charge on any atom is -0.348 e. The molecule has 0 aliphatic rings. The van der Waals surface area contributed by atoms with Crippen LogP contribution in [0.15, 0.2) is 40.8 Å². The summed E-state index contributed by atoms with van der Waals surface area (Å²) in [4.78, 5) is 29.5. The van der Waals surface area contributed by atoms with Gasteiger partial charge in [-0.3, -0.25) is 14.2 Å². The van der Waals surface area contributed by atoms with Gasteiger partial charge >= 0.3 is 0 Å². The van der Waals surface area contributed by atoms with Gasteiger partial charge in [0.15, 0.2) is 0 Å². The minimum atomic E-state index is -0.209. The fourth-order valence-electron chi connectivity index (χ4n) is 2.57. The number of carbonyl (C=O) groups excluding carboxylic acids is 1. The second kappa shape index (κ2) is 6.57. The lowest BCUT2D eigenvalue weighted by molar-refractivity contribution is -0.122. The zero-order valence-corrected chi connectivity index (χ0v) is 14.7. The largest absolute Gasteiger partial charge is 0.348 e. The number of thiophene rings is 1. The number of amides is 1. The Morgan fingerprint density at radius 3 is 2.83 bits per heavy atom. The van der Waals surface area contributed by atoms with Gasteiger partial charge in [0.2, 0.25) is 5.91 Å². The number of hydrogen-bond acceptors (Lipinski definition) is 4. The number of aromatic nitrogens is 2. The van der Waals surface area contributed by atoms with Crippen LogP contribution in [0.3, 0.4) is 0 Å². The van der Waals surface area contributed by atoms with Crippen molar-refractivity contribution in [3.05, 3.63) is 63.0 Å². The summed E-state index contributed by atoms with van der Waals surface area (Å²) in [5.74, 6) is -0.209. The summed E-state index contributed by atoms with van der Waals surface area (Å²) < 4.78 is 1.34. The predicted octanol–water partition coefficient (Wildman–Crippen LogP) is 2.95. The maximum absolute atomic E-state index is 12.3. The van der Waals surface area contributed by atoms with Crippen molar-refractivity contribution in [3.8, 4) is 0 Å². The molecule has 0 saturated carbocycles. The maximum atomic E-state index is 12.3. The quantitative estimate of drug-likeness (QED) is 0.793. The van der Waals surface area contributed by atoms with Crippen LogP contribution in [0.5, 0.6) is 0 Å². The second-order valence-corrected chi connectivity index (χ2v) is 6.84. The molecule has 5 nitrogen and oxygen atoms in total. The highest BCUT2D eigenvalue weighted by atomic mass is 32.1. The van der Waals surface area contributed by atoms with E-state index >= 15 is 0 Å². The van der Waals surface area contributed by atoms with Gasteiger partial charge in [-0.1, -0.05) is 18.2 Å². The van der Waals surface area contributed by atoms with Gasteiger partial charge < -0.3 is 5.32 Å². The maximum Gasteiger partial charge on any atom is 0.262 e. The first-order chi connectivity index (χ1) is 11.5. The standard InChI is InChI=1S/C18H19N3O2S/c1-11-4-5-14(8-12(11)2)13(3)20-16(22)9-21-10-19-17-15(18(21)23)6-7-24-17/h4-8,10,13H,9H2,1-3H3,(H,20,22)/t13-/m1/s1. The molecule has 0 aliphatic heterocycles. The van der Waals surface area contributed by atoms with Crippen molar-refractivity contribution < 1.29 is 4.79 Å². The van der Waals surface area contributed by atoms with Crippen LogP contribution in [0.4, 0.5) is 0 Å². The molecular formula is C18H19N3O2S. The fourth-order valence-corrected chi connectivity index (χ4v) is 3.29. The van der Waals surface area contributed by atoms with Gasteiger partial charge in [0.1, 0.15) is 11.4 Å². The van der Waals surface area contributed by atoms with Crippen molar-refractivity contribution in [1.29, 1.82) is 0 Å². The van der Waals surface area contributed by atoms with Crippen LogP contribution in [-0.2, 0) is 11.3 Å². The number of nitrogens with one attached hydrogen (secondary N) is 1. The summed E-state index contributed by atoms with van der Waals surface area (Å²) in [7, 11) is 0. The van der Waals surface area contributed by atoms with E-state index in [1.165, 1.54) is 33.4 Å². The first-order valence-corrected chi connectivity index (χ1v) is 8.63. The lowest BCUT2D eigenvalue weighted by Crippen LogP contribution is -2.33. The lowest BCUT2D eigenvalue weighted by atomic mass is 10.0. The number of benzene rings is 1. The van der Waals surface area contributed by atoms with Gasteiger partial charge in [0, 0.05) is 0 Å². The zero-order chi connectivity index (χ0) is 17.3. The molecule has 3 rings (SSSR count). The van der Waals surface area contributed by atoms with E-state index in [4.69, 9.17) is 0 Å². The molecule has 1 amide bonds. The molecule has 1 aromatic carbocycles. The molecule has 0 spiro atoms.